The van der Waals surface area contributed by atoms with Gasteiger partial charge in [-0.1, -0.05) is 6.92 Å². The molecule has 2 aliphatic heterocycles. The molecule has 0 N–H and O–H groups in total. The van der Waals surface area contributed by atoms with E-state index in [0.717, 1.165) is 36.5 Å². The Morgan fingerprint density at radius 3 is 2.52 bits per heavy atom. The smallest absolute Gasteiger partial charge is 0.160 e. The Bertz CT molecular complexity index is 818. The lowest BCUT2D eigenvalue weighted by atomic mass is 9.85. The molecule has 4 heterocycles. The Morgan fingerprint density at radius 1 is 1.07 bits per heavy atom. The van der Waals surface area contributed by atoms with E-state index in [4.69, 9.17) is 10.1 Å². The van der Waals surface area contributed by atoms with Crippen molar-refractivity contribution in [2.45, 2.75) is 52.0 Å². The van der Waals surface area contributed by atoms with Crippen LogP contribution in [0.2, 0.25) is 0 Å². The normalized spacial score (nSPS) is 21.9. The number of hydrogen-bond acceptors (Lipinski definition) is 5. The lowest BCUT2D eigenvalue weighted by Gasteiger charge is -2.48. The maximum Gasteiger partial charge on any atom is 0.160 e. The summed E-state index contributed by atoms with van der Waals surface area (Å²) in [4.78, 5) is 12.5. The summed E-state index contributed by atoms with van der Waals surface area (Å²) in [6.45, 7) is 12.2. The molecule has 2 aliphatic rings. The first-order valence-corrected chi connectivity index (χ1v) is 10.4. The van der Waals surface area contributed by atoms with Crippen LogP contribution in [-0.2, 0) is 6.42 Å². The Kier molecular flexibility index (Phi) is 4.89. The highest BCUT2D eigenvalue weighted by Crippen LogP contribution is 2.33. The van der Waals surface area contributed by atoms with E-state index in [-0.39, 0.29) is 0 Å². The first-order valence-electron chi connectivity index (χ1n) is 10.4. The molecule has 148 valence electrons. The molecule has 1 spiro atoms. The third-order valence-electron chi connectivity index (χ3n) is 6.88. The molecular formula is C21H34N6. The predicted molar refractivity (Wildman–Crippen MR) is 111 cm³/mol. The fourth-order valence-corrected chi connectivity index (χ4v) is 4.88. The number of anilines is 1. The summed E-state index contributed by atoms with van der Waals surface area (Å²) in [5.41, 5.74) is 4.78. The molecule has 6 heteroatoms. The molecule has 0 radical (unpaired) electrons. The molecule has 0 bridgehead atoms. The van der Waals surface area contributed by atoms with E-state index in [2.05, 4.69) is 60.1 Å². The zero-order valence-corrected chi connectivity index (χ0v) is 17.6. The summed E-state index contributed by atoms with van der Waals surface area (Å²) in [5, 5.41) is 4.80. The molecule has 0 aromatic carbocycles. The van der Waals surface area contributed by atoms with Gasteiger partial charge >= 0.3 is 0 Å². The van der Waals surface area contributed by atoms with Crippen molar-refractivity contribution in [3.05, 3.63) is 23.0 Å². The highest BCUT2D eigenvalue weighted by atomic mass is 15.4. The van der Waals surface area contributed by atoms with Gasteiger partial charge in [0.1, 0.15) is 5.82 Å². The zero-order valence-electron chi connectivity index (χ0n) is 17.6. The van der Waals surface area contributed by atoms with E-state index < -0.39 is 0 Å². The largest absolute Gasteiger partial charge is 0.356 e. The van der Waals surface area contributed by atoms with Crippen molar-refractivity contribution < 1.29 is 0 Å². The van der Waals surface area contributed by atoms with Gasteiger partial charge in [0, 0.05) is 42.5 Å². The van der Waals surface area contributed by atoms with Crippen LogP contribution in [0.3, 0.4) is 0 Å². The second-order valence-corrected chi connectivity index (χ2v) is 8.63. The standard InChI is InChI=1S/C21H34N6/c1-6-18-14-19(27-20(22-18)16(2)17(3)23-27)26-12-8-21(9-13-26)15-24(4)10-7-11-25(21)5/h14H,6-13,15H2,1-5H3. The van der Waals surface area contributed by atoms with Crippen molar-refractivity contribution in [1.82, 2.24) is 24.4 Å². The molecular weight excluding hydrogens is 336 g/mol. The number of aryl methyl sites for hydroxylation is 3. The predicted octanol–water partition coefficient (Wildman–Crippen LogP) is 2.51. The molecule has 0 amide bonds. The number of fused-ring (bicyclic) bond motifs is 1. The molecule has 0 aliphatic carbocycles. The topological polar surface area (TPSA) is 39.9 Å². The van der Waals surface area contributed by atoms with Gasteiger partial charge in [-0.2, -0.15) is 9.61 Å². The average Bonchev–Trinajstić information content (AvgIpc) is 2.87. The van der Waals surface area contributed by atoms with Gasteiger partial charge in [-0.25, -0.2) is 4.98 Å². The second-order valence-electron chi connectivity index (χ2n) is 8.63. The van der Waals surface area contributed by atoms with Crippen LogP contribution < -0.4 is 4.90 Å². The molecule has 2 aromatic heterocycles. The van der Waals surface area contributed by atoms with Crippen molar-refractivity contribution in [1.29, 1.82) is 0 Å². The van der Waals surface area contributed by atoms with Crippen molar-refractivity contribution in [2.24, 2.45) is 0 Å². The SMILES string of the molecule is CCc1cc(N2CCC3(CC2)CN(C)CCCN3C)n2nc(C)c(C)c2n1. The Labute approximate surface area is 163 Å². The van der Waals surface area contributed by atoms with Gasteiger partial charge in [0.05, 0.1) is 5.69 Å². The molecule has 4 rings (SSSR count). The molecule has 2 aromatic rings. The number of likely N-dealkylation sites (N-methyl/N-ethyl adjacent to an activating group) is 2. The van der Waals surface area contributed by atoms with E-state index in [9.17, 15) is 0 Å². The maximum atomic E-state index is 4.85. The highest BCUT2D eigenvalue weighted by molar-refractivity contribution is 5.57. The van der Waals surface area contributed by atoms with Gasteiger partial charge in [-0.05, 0) is 66.7 Å². The fraction of sp³-hybridized carbons (Fsp3) is 0.714. The first kappa shape index (κ1) is 18.7. The molecule has 0 unspecified atom stereocenters. The van der Waals surface area contributed by atoms with Crippen LogP contribution in [0, 0.1) is 13.8 Å². The number of aromatic nitrogens is 3. The van der Waals surface area contributed by atoms with Gasteiger partial charge in [-0.3, -0.25) is 4.90 Å². The van der Waals surface area contributed by atoms with Crippen LogP contribution in [0.4, 0.5) is 5.82 Å². The van der Waals surface area contributed by atoms with Crippen LogP contribution in [0.5, 0.6) is 0 Å². The summed E-state index contributed by atoms with van der Waals surface area (Å²) >= 11 is 0. The van der Waals surface area contributed by atoms with Crippen molar-refractivity contribution in [2.75, 3.05) is 51.7 Å². The zero-order chi connectivity index (χ0) is 19.2. The van der Waals surface area contributed by atoms with Gasteiger partial charge in [0.15, 0.2) is 5.65 Å². The lowest BCUT2D eigenvalue weighted by molar-refractivity contribution is 0.0784. The van der Waals surface area contributed by atoms with Gasteiger partial charge in [-0.15, -0.1) is 0 Å². The van der Waals surface area contributed by atoms with Crippen LogP contribution in [0.25, 0.3) is 5.65 Å². The van der Waals surface area contributed by atoms with Crippen molar-refractivity contribution >= 4 is 11.5 Å². The molecule has 2 fully saturated rings. The van der Waals surface area contributed by atoms with Crippen molar-refractivity contribution in [3.8, 4) is 0 Å². The van der Waals surface area contributed by atoms with Gasteiger partial charge < -0.3 is 9.80 Å². The Balaban J connectivity index is 1.64. The van der Waals surface area contributed by atoms with Crippen LogP contribution in [0.15, 0.2) is 6.07 Å². The first-order chi connectivity index (χ1) is 12.9. The minimum Gasteiger partial charge on any atom is -0.356 e. The quantitative estimate of drug-likeness (QED) is 0.812. The number of hydrogen-bond donors (Lipinski definition) is 0. The summed E-state index contributed by atoms with van der Waals surface area (Å²) < 4.78 is 2.07. The monoisotopic (exact) mass is 370 g/mol. The van der Waals surface area contributed by atoms with E-state index in [1.54, 1.807) is 0 Å². The summed E-state index contributed by atoms with van der Waals surface area (Å²) in [5.74, 6) is 1.22. The number of rotatable bonds is 2. The number of piperidine rings is 1. The van der Waals surface area contributed by atoms with Gasteiger partial charge in [0.25, 0.3) is 0 Å². The van der Waals surface area contributed by atoms with E-state index >= 15 is 0 Å². The average molecular weight is 371 g/mol. The minimum atomic E-state index is 0.317. The number of nitrogens with zero attached hydrogens (tertiary/aromatic N) is 6. The molecule has 0 atom stereocenters. The molecule has 2 saturated heterocycles. The van der Waals surface area contributed by atoms with Crippen LogP contribution in [-0.4, -0.2) is 76.8 Å². The minimum absolute atomic E-state index is 0.317. The highest BCUT2D eigenvalue weighted by Gasteiger charge is 2.40. The summed E-state index contributed by atoms with van der Waals surface area (Å²) in [7, 11) is 4.61. The van der Waals surface area contributed by atoms with Crippen LogP contribution >= 0.6 is 0 Å². The Hall–Kier alpha value is -1.66. The van der Waals surface area contributed by atoms with E-state index in [1.807, 2.05) is 0 Å². The summed E-state index contributed by atoms with van der Waals surface area (Å²) in [6.07, 6.45) is 4.64. The molecule has 0 saturated carbocycles. The lowest BCUT2D eigenvalue weighted by Crippen LogP contribution is -2.58. The molecule has 27 heavy (non-hydrogen) atoms. The summed E-state index contributed by atoms with van der Waals surface area (Å²) in [6, 6.07) is 2.25. The Morgan fingerprint density at radius 2 is 1.81 bits per heavy atom. The third-order valence-corrected chi connectivity index (χ3v) is 6.88. The fourth-order valence-electron chi connectivity index (χ4n) is 4.88. The van der Waals surface area contributed by atoms with E-state index in [1.165, 1.54) is 50.3 Å². The van der Waals surface area contributed by atoms with E-state index in [0.29, 0.717) is 5.54 Å². The van der Waals surface area contributed by atoms with Gasteiger partial charge in [0.2, 0.25) is 0 Å². The molecule has 6 nitrogen and oxygen atoms in total. The van der Waals surface area contributed by atoms with Crippen LogP contribution in [0.1, 0.15) is 43.1 Å². The third kappa shape index (κ3) is 3.23. The maximum absolute atomic E-state index is 4.85. The van der Waals surface area contributed by atoms with Crippen molar-refractivity contribution in [3.63, 3.8) is 0 Å². The second kappa shape index (κ2) is 7.06.